The number of rotatable bonds is 2. The molecule has 1 saturated heterocycles. The summed E-state index contributed by atoms with van der Waals surface area (Å²) in [5.41, 5.74) is 3.01. The normalized spacial score (nSPS) is 18.0. The van der Waals surface area contributed by atoms with Crippen LogP contribution in [0.4, 0.5) is 10.5 Å². The van der Waals surface area contributed by atoms with Gasteiger partial charge in [0, 0.05) is 25.2 Å². The van der Waals surface area contributed by atoms with E-state index in [1.54, 1.807) is 11.3 Å². The van der Waals surface area contributed by atoms with Gasteiger partial charge in [-0.05, 0) is 34.5 Å². The van der Waals surface area contributed by atoms with Crippen LogP contribution in [0.1, 0.15) is 11.7 Å². The lowest BCUT2D eigenvalue weighted by molar-refractivity contribution is -0.0132. The zero-order valence-electron chi connectivity index (χ0n) is 13.4. The number of thiophene rings is 1. The molecule has 1 aliphatic heterocycles. The third-order valence-electron chi connectivity index (χ3n) is 4.41. The lowest BCUT2D eigenvalue weighted by Gasteiger charge is -2.32. The summed E-state index contributed by atoms with van der Waals surface area (Å²) in [6, 6.07) is 9.98. The summed E-state index contributed by atoms with van der Waals surface area (Å²) in [4.78, 5) is 14.5. The van der Waals surface area contributed by atoms with E-state index in [-0.39, 0.29) is 12.1 Å². The monoisotopic (exact) mass is 341 g/mol. The maximum Gasteiger partial charge on any atom is 0.322 e. The van der Waals surface area contributed by atoms with Crippen molar-refractivity contribution in [3.63, 3.8) is 0 Å². The van der Waals surface area contributed by atoms with Crippen molar-refractivity contribution in [1.82, 2.24) is 9.47 Å². The summed E-state index contributed by atoms with van der Waals surface area (Å²) in [6.07, 6.45) is 1.96. The van der Waals surface area contributed by atoms with Crippen LogP contribution >= 0.6 is 11.3 Å². The molecule has 1 fully saturated rings. The van der Waals surface area contributed by atoms with E-state index in [4.69, 9.17) is 4.74 Å². The van der Waals surface area contributed by atoms with Crippen molar-refractivity contribution >= 4 is 34.0 Å². The highest BCUT2D eigenvalue weighted by Gasteiger charge is 2.26. The smallest absolute Gasteiger partial charge is 0.322 e. The quantitative estimate of drug-likeness (QED) is 0.770. The first-order valence-corrected chi connectivity index (χ1v) is 8.90. The number of amides is 2. The molecule has 4 rings (SSSR count). The van der Waals surface area contributed by atoms with E-state index in [0.717, 1.165) is 22.2 Å². The van der Waals surface area contributed by atoms with Crippen LogP contribution in [0.2, 0.25) is 0 Å². The molecular formula is C18H19N3O2S. The number of hydrogen-bond acceptors (Lipinski definition) is 3. The fraction of sp³-hybridized carbons (Fsp3) is 0.278. The van der Waals surface area contributed by atoms with Crippen LogP contribution in [-0.2, 0) is 11.8 Å². The highest BCUT2D eigenvalue weighted by atomic mass is 32.1. The highest BCUT2D eigenvalue weighted by Crippen LogP contribution is 2.26. The molecule has 5 nitrogen and oxygen atoms in total. The number of carbonyl (C=O) groups is 1. The second-order valence-electron chi connectivity index (χ2n) is 5.96. The molecule has 1 aromatic carbocycles. The Morgan fingerprint density at radius 2 is 2.25 bits per heavy atom. The van der Waals surface area contributed by atoms with E-state index >= 15 is 0 Å². The fourth-order valence-corrected chi connectivity index (χ4v) is 3.85. The van der Waals surface area contributed by atoms with Crippen molar-refractivity contribution in [3.05, 3.63) is 52.9 Å². The van der Waals surface area contributed by atoms with Gasteiger partial charge in [-0.2, -0.15) is 11.3 Å². The van der Waals surface area contributed by atoms with Gasteiger partial charge in [-0.15, -0.1) is 0 Å². The van der Waals surface area contributed by atoms with Gasteiger partial charge in [0.15, 0.2) is 0 Å². The Morgan fingerprint density at radius 3 is 3.08 bits per heavy atom. The highest BCUT2D eigenvalue weighted by molar-refractivity contribution is 7.07. The number of nitrogens with one attached hydrogen (secondary N) is 1. The van der Waals surface area contributed by atoms with Crippen molar-refractivity contribution in [2.24, 2.45) is 7.05 Å². The Labute approximate surface area is 144 Å². The molecule has 0 aliphatic carbocycles. The maximum atomic E-state index is 12.7. The van der Waals surface area contributed by atoms with Crippen LogP contribution in [0, 0.1) is 0 Å². The molecule has 0 bridgehead atoms. The molecule has 1 atom stereocenters. The van der Waals surface area contributed by atoms with Crippen LogP contribution < -0.4 is 5.32 Å². The van der Waals surface area contributed by atoms with Gasteiger partial charge in [-0.25, -0.2) is 4.79 Å². The molecule has 1 N–H and O–H groups in total. The first-order valence-electron chi connectivity index (χ1n) is 7.96. The largest absolute Gasteiger partial charge is 0.370 e. The van der Waals surface area contributed by atoms with Crippen molar-refractivity contribution in [2.75, 3.05) is 25.0 Å². The molecule has 2 amide bonds. The average molecular weight is 341 g/mol. The number of morpholine rings is 1. The van der Waals surface area contributed by atoms with E-state index in [1.165, 1.54) is 0 Å². The van der Waals surface area contributed by atoms with Crippen LogP contribution in [0.3, 0.4) is 0 Å². The van der Waals surface area contributed by atoms with Gasteiger partial charge >= 0.3 is 6.03 Å². The molecule has 0 radical (unpaired) electrons. The predicted molar refractivity (Wildman–Crippen MR) is 96.5 cm³/mol. The molecule has 3 heterocycles. The Bertz CT molecular complexity index is 856. The summed E-state index contributed by atoms with van der Waals surface area (Å²) in [7, 11) is 1.99. The van der Waals surface area contributed by atoms with Crippen molar-refractivity contribution in [2.45, 2.75) is 6.10 Å². The van der Waals surface area contributed by atoms with Gasteiger partial charge in [-0.3, -0.25) is 0 Å². The van der Waals surface area contributed by atoms with E-state index in [0.29, 0.717) is 19.7 Å². The SMILES string of the molecule is Cn1ccc2cccc(NC(=O)N3CCO[C@H](c4ccsc4)C3)c21. The second-order valence-corrected chi connectivity index (χ2v) is 6.74. The molecule has 3 aromatic rings. The first-order chi connectivity index (χ1) is 11.7. The predicted octanol–water partition coefficient (Wildman–Crippen LogP) is 3.85. The number of anilines is 1. The molecule has 0 saturated carbocycles. The van der Waals surface area contributed by atoms with Crippen LogP contribution in [0.25, 0.3) is 10.9 Å². The molecule has 124 valence electrons. The minimum atomic E-state index is -0.0766. The Kier molecular flexibility index (Phi) is 4.00. The summed E-state index contributed by atoms with van der Waals surface area (Å²) in [6.45, 7) is 1.74. The molecule has 6 heteroatoms. The van der Waals surface area contributed by atoms with Gasteiger partial charge in [0.25, 0.3) is 0 Å². The second kappa shape index (κ2) is 6.30. The topological polar surface area (TPSA) is 46.5 Å². The molecule has 2 aromatic heterocycles. The number of aromatic nitrogens is 1. The number of nitrogens with zero attached hydrogens (tertiary/aromatic N) is 2. The third kappa shape index (κ3) is 2.79. The summed E-state index contributed by atoms with van der Waals surface area (Å²) in [5, 5.41) is 8.30. The molecule has 24 heavy (non-hydrogen) atoms. The van der Waals surface area contributed by atoms with Crippen molar-refractivity contribution < 1.29 is 9.53 Å². The molecule has 1 aliphatic rings. The maximum absolute atomic E-state index is 12.7. The average Bonchev–Trinajstić information content (AvgIpc) is 3.26. The summed E-state index contributed by atoms with van der Waals surface area (Å²) >= 11 is 1.65. The van der Waals surface area contributed by atoms with Gasteiger partial charge in [0.2, 0.25) is 0 Å². The Morgan fingerprint density at radius 1 is 1.33 bits per heavy atom. The fourth-order valence-electron chi connectivity index (χ4n) is 3.14. The van der Waals surface area contributed by atoms with Gasteiger partial charge in [0.05, 0.1) is 24.4 Å². The number of carbonyl (C=O) groups excluding carboxylic acids is 1. The van der Waals surface area contributed by atoms with Crippen molar-refractivity contribution in [1.29, 1.82) is 0 Å². The van der Waals surface area contributed by atoms with E-state index < -0.39 is 0 Å². The number of fused-ring (bicyclic) bond motifs is 1. The summed E-state index contributed by atoms with van der Waals surface area (Å²) in [5.74, 6) is 0. The lowest BCUT2D eigenvalue weighted by Crippen LogP contribution is -2.44. The standard InChI is InChI=1S/C18H19N3O2S/c1-20-7-5-13-3-2-4-15(17(13)20)19-18(22)21-8-9-23-16(11-21)14-6-10-24-12-14/h2-7,10,12,16H,8-9,11H2,1H3,(H,19,22)/t16-/m0/s1. The minimum absolute atomic E-state index is 0.0402. The Hall–Kier alpha value is -2.31. The number of benzene rings is 1. The number of ether oxygens (including phenoxy) is 1. The zero-order chi connectivity index (χ0) is 16.5. The first kappa shape index (κ1) is 15.2. The number of para-hydroxylation sites is 1. The molecule has 0 spiro atoms. The van der Waals surface area contributed by atoms with Crippen LogP contribution in [0.15, 0.2) is 47.3 Å². The van der Waals surface area contributed by atoms with Crippen LogP contribution in [-0.4, -0.2) is 35.2 Å². The van der Waals surface area contributed by atoms with E-state index in [9.17, 15) is 4.79 Å². The zero-order valence-corrected chi connectivity index (χ0v) is 14.3. The van der Waals surface area contributed by atoms with Gasteiger partial charge < -0.3 is 19.5 Å². The van der Waals surface area contributed by atoms with Gasteiger partial charge in [-0.1, -0.05) is 12.1 Å². The lowest BCUT2D eigenvalue weighted by atomic mass is 10.1. The van der Waals surface area contributed by atoms with E-state index in [1.807, 2.05) is 52.4 Å². The van der Waals surface area contributed by atoms with Crippen LogP contribution in [0.5, 0.6) is 0 Å². The molecular weight excluding hydrogens is 322 g/mol. The van der Waals surface area contributed by atoms with E-state index in [2.05, 4.69) is 16.8 Å². The Balaban J connectivity index is 1.52. The number of aryl methyl sites for hydroxylation is 1. The van der Waals surface area contributed by atoms with Gasteiger partial charge in [0.1, 0.15) is 6.10 Å². The number of hydrogen-bond donors (Lipinski definition) is 1. The summed E-state index contributed by atoms with van der Waals surface area (Å²) < 4.78 is 7.84. The molecule has 0 unspecified atom stereocenters. The van der Waals surface area contributed by atoms with Crippen molar-refractivity contribution in [3.8, 4) is 0 Å². The number of urea groups is 1. The third-order valence-corrected chi connectivity index (χ3v) is 5.11. The minimum Gasteiger partial charge on any atom is -0.370 e.